The molecule has 0 aliphatic rings. The highest BCUT2D eigenvalue weighted by atomic mass is 32.1. The lowest BCUT2D eigenvalue weighted by Crippen LogP contribution is -2.12. The first-order valence-electron chi connectivity index (χ1n) is 6.05. The van der Waals surface area contributed by atoms with Gasteiger partial charge in [-0.3, -0.25) is 0 Å². The van der Waals surface area contributed by atoms with E-state index in [1.165, 1.54) is 0 Å². The molecule has 0 aliphatic heterocycles. The van der Waals surface area contributed by atoms with Gasteiger partial charge in [0.1, 0.15) is 11.6 Å². The number of rotatable bonds is 8. The van der Waals surface area contributed by atoms with E-state index >= 15 is 0 Å². The molecule has 1 rings (SSSR count). The lowest BCUT2D eigenvalue weighted by Gasteiger charge is -2.10. The van der Waals surface area contributed by atoms with Crippen LogP contribution in [0.2, 0.25) is 0 Å². The van der Waals surface area contributed by atoms with Gasteiger partial charge in [0.05, 0.1) is 6.61 Å². The Balaban J connectivity index is 2.52. The predicted octanol–water partition coefficient (Wildman–Crippen LogP) is 2.79. The Hall–Kier alpha value is -1.27. The maximum Gasteiger partial charge on any atom is 0.190 e. The van der Waals surface area contributed by atoms with Crippen LogP contribution in [0.3, 0.4) is 0 Å². The van der Waals surface area contributed by atoms with Crippen LogP contribution in [0.25, 0.3) is 0 Å². The Bertz CT molecular complexity index is 418. The molecule has 19 heavy (non-hydrogen) atoms. The van der Waals surface area contributed by atoms with Crippen LogP contribution >= 0.6 is 12.2 Å². The summed E-state index contributed by atoms with van der Waals surface area (Å²) < 4.78 is 37.4. The van der Waals surface area contributed by atoms with E-state index in [0.717, 1.165) is 25.0 Å². The number of unbranched alkanes of at least 4 members (excludes halogenated alkanes) is 1. The summed E-state index contributed by atoms with van der Waals surface area (Å²) in [5, 5.41) is 0. The highest BCUT2D eigenvalue weighted by Crippen LogP contribution is 2.23. The van der Waals surface area contributed by atoms with Crippen molar-refractivity contribution in [1.29, 1.82) is 0 Å². The van der Waals surface area contributed by atoms with Gasteiger partial charge in [0, 0.05) is 12.2 Å². The lowest BCUT2D eigenvalue weighted by atomic mass is 10.2. The third-order valence-corrected chi connectivity index (χ3v) is 2.63. The van der Waals surface area contributed by atoms with Gasteiger partial charge in [-0.15, -0.1) is 0 Å². The highest BCUT2D eigenvalue weighted by Gasteiger charge is 2.13. The van der Waals surface area contributed by atoms with Crippen LogP contribution in [0, 0.1) is 11.6 Å². The summed E-state index contributed by atoms with van der Waals surface area (Å²) in [7, 11) is 0. The van der Waals surface area contributed by atoms with E-state index < -0.39 is 17.4 Å². The van der Waals surface area contributed by atoms with Gasteiger partial charge in [-0.1, -0.05) is 25.6 Å². The summed E-state index contributed by atoms with van der Waals surface area (Å²) in [6.07, 6.45) is 1.98. The predicted molar refractivity (Wildman–Crippen MR) is 73.5 cm³/mol. The third kappa shape index (κ3) is 5.08. The molecule has 6 heteroatoms. The summed E-state index contributed by atoms with van der Waals surface area (Å²) >= 11 is 4.65. The van der Waals surface area contributed by atoms with Crippen LogP contribution in [0.1, 0.15) is 25.3 Å². The van der Waals surface area contributed by atoms with Gasteiger partial charge in [-0.25, -0.2) is 8.78 Å². The molecule has 0 unspecified atom stereocenters. The standard InChI is InChI=1S/C13H17F2NO2S/c1-2-3-4-17-5-6-18-12-10(14)7-9(13(16)19)8-11(12)15/h7-8H,2-6H2,1H3,(H2,16,19). The second-order valence-corrected chi connectivity index (χ2v) is 4.39. The van der Waals surface area contributed by atoms with Crippen LogP contribution in [-0.2, 0) is 4.74 Å². The Morgan fingerprint density at radius 2 is 1.84 bits per heavy atom. The van der Waals surface area contributed by atoms with Gasteiger partial charge in [0.2, 0.25) is 0 Å². The number of benzene rings is 1. The van der Waals surface area contributed by atoms with Crippen molar-refractivity contribution >= 4 is 17.2 Å². The lowest BCUT2D eigenvalue weighted by molar-refractivity contribution is 0.0951. The van der Waals surface area contributed by atoms with Crippen molar-refractivity contribution in [3.8, 4) is 5.75 Å². The van der Waals surface area contributed by atoms with Crippen LogP contribution in [0.5, 0.6) is 5.75 Å². The number of hydrogen-bond donors (Lipinski definition) is 1. The summed E-state index contributed by atoms with van der Waals surface area (Å²) in [5.74, 6) is -2.08. The second kappa shape index (κ2) is 8.01. The van der Waals surface area contributed by atoms with Gasteiger partial charge >= 0.3 is 0 Å². The fourth-order valence-electron chi connectivity index (χ4n) is 1.39. The van der Waals surface area contributed by atoms with Gasteiger partial charge in [-0.2, -0.15) is 0 Å². The van der Waals surface area contributed by atoms with Crippen LogP contribution in [0.4, 0.5) is 8.78 Å². The number of ether oxygens (including phenoxy) is 2. The molecule has 1 aromatic rings. The molecule has 0 radical (unpaired) electrons. The molecule has 0 aliphatic carbocycles. The molecule has 0 aromatic heterocycles. The van der Waals surface area contributed by atoms with E-state index in [0.29, 0.717) is 6.61 Å². The molecule has 2 N–H and O–H groups in total. The maximum atomic E-state index is 13.6. The number of thiocarbonyl (C=S) groups is 1. The van der Waals surface area contributed by atoms with E-state index in [4.69, 9.17) is 15.2 Å². The zero-order chi connectivity index (χ0) is 14.3. The van der Waals surface area contributed by atoms with Gasteiger partial charge < -0.3 is 15.2 Å². The maximum absolute atomic E-state index is 13.6. The largest absolute Gasteiger partial charge is 0.485 e. The van der Waals surface area contributed by atoms with Gasteiger partial charge in [0.25, 0.3) is 0 Å². The fourth-order valence-corrected chi connectivity index (χ4v) is 1.51. The van der Waals surface area contributed by atoms with E-state index in [9.17, 15) is 8.78 Å². The van der Waals surface area contributed by atoms with Crippen molar-refractivity contribution in [2.75, 3.05) is 19.8 Å². The molecule has 1 aromatic carbocycles. The number of hydrogen-bond acceptors (Lipinski definition) is 3. The van der Waals surface area contributed by atoms with Crippen molar-refractivity contribution in [1.82, 2.24) is 0 Å². The molecule has 0 atom stereocenters. The molecule has 0 heterocycles. The SMILES string of the molecule is CCCCOCCOc1c(F)cc(C(N)=S)cc1F. The topological polar surface area (TPSA) is 44.5 Å². The van der Waals surface area contributed by atoms with Crippen molar-refractivity contribution in [3.63, 3.8) is 0 Å². The molecule has 0 fully saturated rings. The smallest absolute Gasteiger partial charge is 0.190 e. The van der Waals surface area contributed by atoms with E-state index in [-0.39, 0.29) is 23.8 Å². The highest BCUT2D eigenvalue weighted by molar-refractivity contribution is 7.80. The first-order chi connectivity index (χ1) is 9.06. The van der Waals surface area contributed by atoms with Crippen molar-refractivity contribution in [2.24, 2.45) is 5.73 Å². The fraction of sp³-hybridized carbons (Fsp3) is 0.462. The quantitative estimate of drug-likeness (QED) is 0.590. The summed E-state index contributed by atoms with van der Waals surface area (Å²) in [4.78, 5) is -0.0627. The van der Waals surface area contributed by atoms with Crippen LogP contribution in [0.15, 0.2) is 12.1 Å². The Kier molecular flexibility index (Phi) is 6.66. The number of nitrogens with two attached hydrogens (primary N) is 1. The van der Waals surface area contributed by atoms with Gasteiger partial charge in [-0.05, 0) is 18.6 Å². The summed E-state index contributed by atoms with van der Waals surface area (Å²) in [5.41, 5.74) is 5.44. The van der Waals surface area contributed by atoms with E-state index in [2.05, 4.69) is 12.2 Å². The molecule has 106 valence electrons. The van der Waals surface area contributed by atoms with Gasteiger partial charge in [0.15, 0.2) is 17.4 Å². The molecular weight excluding hydrogens is 272 g/mol. The minimum atomic E-state index is -0.823. The van der Waals surface area contributed by atoms with Crippen LogP contribution < -0.4 is 10.5 Å². The normalized spacial score (nSPS) is 10.5. The first-order valence-corrected chi connectivity index (χ1v) is 6.46. The molecule has 0 amide bonds. The van der Waals surface area contributed by atoms with Crippen molar-refractivity contribution in [2.45, 2.75) is 19.8 Å². The Labute approximate surface area is 116 Å². The average Bonchev–Trinajstić information content (AvgIpc) is 2.35. The number of halogens is 2. The summed E-state index contributed by atoms with van der Waals surface area (Å²) in [6.45, 7) is 3.04. The molecule has 3 nitrogen and oxygen atoms in total. The molecule has 0 spiro atoms. The first kappa shape index (κ1) is 15.8. The van der Waals surface area contributed by atoms with Crippen molar-refractivity contribution < 1.29 is 18.3 Å². The average molecular weight is 289 g/mol. The zero-order valence-corrected chi connectivity index (χ0v) is 11.6. The molecular formula is C13H17F2NO2S. The second-order valence-electron chi connectivity index (χ2n) is 3.95. The monoisotopic (exact) mass is 289 g/mol. The Morgan fingerprint density at radius 3 is 2.37 bits per heavy atom. The molecule has 0 saturated heterocycles. The molecule has 0 saturated carbocycles. The summed E-state index contributed by atoms with van der Waals surface area (Å²) in [6, 6.07) is 2.11. The zero-order valence-electron chi connectivity index (χ0n) is 10.7. The van der Waals surface area contributed by atoms with E-state index in [1.807, 2.05) is 6.92 Å². The minimum absolute atomic E-state index is 0.0627. The third-order valence-electron chi connectivity index (χ3n) is 2.40. The van der Waals surface area contributed by atoms with Crippen LogP contribution in [-0.4, -0.2) is 24.8 Å². The van der Waals surface area contributed by atoms with E-state index in [1.54, 1.807) is 0 Å². The Morgan fingerprint density at radius 1 is 1.21 bits per heavy atom. The molecule has 0 bridgehead atoms. The minimum Gasteiger partial charge on any atom is -0.485 e. The van der Waals surface area contributed by atoms with Crippen molar-refractivity contribution in [3.05, 3.63) is 29.3 Å².